The second-order valence-electron chi connectivity index (χ2n) is 5.68. The zero-order valence-corrected chi connectivity index (χ0v) is 14.4. The van der Waals surface area contributed by atoms with E-state index in [1.165, 1.54) is 0 Å². The Morgan fingerprint density at radius 3 is 2.86 bits per heavy atom. The highest BCUT2D eigenvalue weighted by Gasteiger charge is 2.25. The fourth-order valence-electron chi connectivity index (χ4n) is 2.52. The largest absolute Gasteiger partial charge is 0.409 e. The average Bonchev–Trinajstić information content (AvgIpc) is 2.66. The third-order valence-corrected chi connectivity index (χ3v) is 5.92. The number of amidine groups is 1. The summed E-state index contributed by atoms with van der Waals surface area (Å²) in [5.74, 6) is 1.28. The molecular formula is C15H23N3OS2. The van der Waals surface area contributed by atoms with Gasteiger partial charge in [0.1, 0.15) is 0 Å². The van der Waals surface area contributed by atoms with Crippen LogP contribution in [0.3, 0.4) is 0 Å². The lowest BCUT2D eigenvalue weighted by Crippen LogP contribution is -2.30. The van der Waals surface area contributed by atoms with Crippen molar-refractivity contribution in [2.24, 2.45) is 10.9 Å². The summed E-state index contributed by atoms with van der Waals surface area (Å²) in [7, 11) is 0. The molecule has 0 spiro atoms. The van der Waals surface area contributed by atoms with E-state index in [1.54, 1.807) is 11.8 Å². The monoisotopic (exact) mass is 325 g/mol. The lowest BCUT2D eigenvalue weighted by molar-refractivity contribution is 0.318. The molecule has 0 bridgehead atoms. The first-order valence-electron chi connectivity index (χ1n) is 7.02. The van der Waals surface area contributed by atoms with E-state index in [0.29, 0.717) is 4.75 Å². The van der Waals surface area contributed by atoms with Gasteiger partial charge in [-0.25, -0.2) is 0 Å². The van der Waals surface area contributed by atoms with Crippen molar-refractivity contribution in [2.75, 3.05) is 30.0 Å². The Morgan fingerprint density at radius 1 is 1.43 bits per heavy atom. The minimum atomic E-state index is 0.186. The Bertz CT molecular complexity index is 532. The third kappa shape index (κ3) is 3.80. The summed E-state index contributed by atoms with van der Waals surface area (Å²) < 4.78 is 0.308. The lowest BCUT2D eigenvalue weighted by atomic mass is 10.1. The van der Waals surface area contributed by atoms with Gasteiger partial charge in [0.25, 0.3) is 0 Å². The summed E-state index contributed by atoms with van der Waals surface area (Å²) >= 11 is 3.63. The summed E-state index contributed by atoms with van der Waals surface area (Å²) in [4.78, 5) is 3.40. The normalized spacial score (nSPS) is 19.4. The fraction of sp³-hybridized carbons (Fsp3) is 0.533. The Kier molecular flexibility index (Phi) is 5.32. The van der Waals surface area contributed by atoms with Crippen LogP contribution in [0.1, 0.15) is 25.8 Å². The average molecular weight is 326 g/mol. The molecule has 2 rings (SSSR count). The molecule has 116 valence electrons. The van der Waals surface area contributed by atoms with Gasteiger partial charge < -0.3 is 15.8 Å². The van der Waals surface area contributed by atoms with Gasteiger partial charge in [0.05, 0.1) is 5.56 Å². The first-order valence-corrected chi connectivity index (χ1v) is 9.23. The quantitative estimate of drug-likeness (QED) is 0.294. The summed E-state index contributed by atoms with van der Waals surface area (Å²) in [5, 5.41) is 12.3. The van der Waals surface area contributed by atoms with E-state index in [2.05, 4.69) is 30.0 Å². The van der Waals surface area contributed by atoms with E-state index in [4.69, 9.17) is 10.9 Å². The van der Waals surface area contributed by atoms with Gasteiger partial charge in [0, 0.05) is 34.2 Å². The molecule has 0 amide bonds. The maximum absolute atomic E-state index is 9.10. The molecule has 1 aliphatic heterocycles. The fourth-order valence-corrected chi connectivity index (χ4v) is 4.25. The second-order valence-corrected chi connectivity index (χ2v) is 8.34. The molecule has 1 fully saturated rings. The zero-order chi connectivity index (χ0) is 15.5. The predicted molar refractivity (Wildman–Crippen MR) is 94.1 cm³/mol. The first-order chi connectivity index (χ1) is 9.98. The summed E-state index contributed by atoms with van der Waals surface area (Å²) in [6.07, 6.45) is 3.13. The van der Waals surface area contributed by atoms with Crippen LogP contribution in [0.15, 0.2) is 28.3 Å². The highest BCUT2D eigenvalue weighted by Crippen LogP contribution is 2.35. The topological polar surface area (TPSA) is 61.8 Å². The van der Waals surface area contributed by atoms with Gasteiger partial charge in [-0.05, 0) is 24.8 Å². The molecule has 1 aliphatic rings. The number of hydrogen-bond acceptors (Lipinski definition) is 5. The lowest BCUT2D eigenvalue weighted by Gasteiger charge is -2.27. The van der Waals surface area contributed by atoms with Crippen molar-refractivity contribution in [3.63, 3.8) is 0 Å². The van der Waals surface area contributed by atoms with Crippen molar-refractivity contribution in [1.29, 1.82) is 0 Å². The molecule has 1 saturated heterocycles. The summed E-state index contributed by atoms with van der Waals surface area (Å²) in [6.45, 7) is 6.56. The highest BCUT2D eigenvalue weighted by molar-refractivity contribution is 8.00. The van der Waals surface area contributed by atoms with E-state index >= 15 is 0 Å². The Labute approximate surface area is 135 Å². The minimum Gasteiger partial charge on any atom is -0.409 e. The maximum Gasteiger partial charge on any atom is 0.173 e. The van der Waals surface area contributed by atoms with Gasteiger partial charge in [0.15, 0.2) is 5.84 Å². The van der Waals surface area contributed by atoms with Gasteiger partial charge in [-0.15, -0.1) is 11.8 Å². The number of anilines is 1. The molecule has 1 aromatic carbocycles. The van der Waals surface area contributed by atoms with Crippen LogP contribution in [-0.4, -0.2) is 40.9 Å². The predicted octanol–water partition coefficient (Wildman–Crippen LogP) is 3.22. The van der Waals surface area contributed by atoms with Gasteiger partial charge >= 0.3 is 0 Å². The van der Waals surface area contributed by atoms with Crippen molar-refractivity contribution in [3.05, 3.63) is 23.8 Å². The molecule has 0 unspecified atom stereocenters. The number of nitrogens with zero attached hydrogens (tertiary/aromatic N) is 2. The number of thioether (sulfide) groups is 2. The van der Waals surface area contributed by atoms with Crippen LogP contribution in [0.25, 0.3) is 0 Å². The molecule has 0 atom stereocenters. The standard InChI is InChI=1S/C15H23N3OS2/c1-15(2)7-8-18(9-10-21-15)11-5-4-6-12(20-3)13(11)14(16)17-19/h4-6,19H,7-10H2,1-3H3,(H2,16,17). The van der Waals surface area contributed by atoms with Crippen LogP contribution in [0.4, 0.5) is 5.69 Å². The highest BCUT2D eigenvalue weighted by atomic mass is 32.2. The molecule has 3 N–H and O–H groups in total. The SMILES string of the molecule is CSc1cccc(N2CCSC(C)(C)CC2)c1/C(N)=N/O. The molecule has 1 aromatic rings. The van der Waals surface area contributed by atoms with Crippen LogP contribution < -0.4 is 10.6 Å². The maximum atomic E-state index is 9.10. The Balaban J connectivity index is 2.39. The second kappa shape index (κ2) is 6.83. The Morgan fingerprint density at radius 2 is 2.19 bits per heavy atom. The van der Waals surface area contributed by atoms with Gasteiger partial charge in [-0.1, -0.05) is 25.1 Å². The molecular weight excluding hydrogens is 302 g/mol. The Hall–Kier alpha value is -1.01. The molecule has 0 aliphatic carbocycles. The number of nitrogens with two attached hydrogens (primary N) is 1. The van der Waals surface area contributed by atoms with Gasteiger partial charge in [0.2, 0.25) is 0 Å². The molecule has 0 radical (unpaired) electrons. The van der Waals surface area contributed by atoms with Crippen molar-refractivity contribution >= 4 is 35.0 Å². The number of rotatable bonds is 3. The summed E-state index contributed by atoms with van der Waals surface area (Å²) in [6, 6.07) is 6.12. The van der Waals surface area contributed by atoms with E-state index in [0.717, 1.165) is 41.4 Å². The number of benzene rings is 1. The van der Waals surface area contributed by atoms with Crippen LogP contribution >= 0.6 is 23.5 Å². The van der Waals surface area contributed by atoms with E-state index < -0.39 is 0 Å². The van der Waals surface area contributed by atoms with Crippen molar-refractivity contribution < 1.29 is 5.21 Å². The molecule has 6 heteroatoms. The van der Waals surface area contributed by atoms with Crippen LogP contribution in [0.5, 0.6) is 0 Å². The molecule has 0 aromatic heterocycles. The van der Waals surface area contributed by atoms with Crippen molar-refractivity contribution in [1.82, 2.24) is 0 Å². The van der Waals surface area contributed by atoms with E-state index in [9.17, 15) is 0 Å². The summed E-state index contributed by atoms with van der Waals surface area (Å²) in [5.41, 5.74) is 7.84. The van der Waals surface area contributed by atoms with Crippen molar-refractivity contribution in [2.45, 2.75) is 29.9 Å². The van der Waals surface area contributed by atoms with E-state index in [1.807, 2.05) is 30.2 Å². The van der Waals surface area contributed by atoms with Crippen LogP contribution in [0.2, 0.25) is 0 Å². The third-order valence-electron chi connectivity index (χ3n) is 3.77. The smallest absolute Gasteiger partial charge is 0.173 e. The molecule has 1 heterocycles. The zero-order valence-electron chi connectivity index (χ0n) is 12.8. The first kappa shape index (κ1) is 16.4. The minimum absolute atomic E-state index is 0.186. The van der Waals surface area contributed by atoms with Gasteiger partial charge in [-0.3, -0.25) is 0 Å². The molecule has 4 nitrogen and oxygen atoms in total. The number of hydrogen-bond donors (Lipinski definition) is 2. The van der Waals surface area contributed by atoms with Crippen LogP contribution in [0, 0.1) is 0 Å². The molecule has 0 saturated carbocycles. The molecule has 21 heavy (non-hydrogen) atoms. The van der Waals surface area contributed by atoms with E-state index in [-0.39, 0.29) is 5.84 Å². The van der Waals surface area contributed by atoms with Gasteiger partial charge in [-0.2, -0.15) is 11.8 Å². The van der Waals surface area contributed by atoms with Crippen LogP contribution in [-0.2, 0) is 0 Å². The number of oxime groups is 1. The van der Waals surface area contributed by atoms with Crippen molar-refractivity contribution in [3.8, 4) is 0 Å².